The van der Waals surface area contributed by atoms with Crippen LogP contribution in [0.4, 0.5) is 5.69 Å². The Bertz CT molecular complexity index is 814. The number of anilines is 1. The van der Waals surface area contributed by atoms with E-state index >= 15 is 0 Å². The van der Waals surface area contributed by atoms with Gasteiger partial charge in [-0.25, -0.2) is 0 Å². The molecule has 3 N–H and O–H groups in total. The molecule has 0 saturated heterocycles. The van der Waals surface area contributed by atoms with Gasteiger partial charge in [-0.1, -0.05) is 12.1 Å². The van der Waals surface area contributed by atoms with E-state index in [1.54, 1.807) is 0 Å². The number of hydrogen-bond donors (Lipinski definition) is 3. The molecule has 0 unspecified atom stereocenters. The van der Waals surface area contributed by atoms with Gasteiger partial charge in [0, 0.05) is 44.4 Å². The zero-order chi connectivity index (χ0) is 23.4. The number of nitrogens with zero attached hydrogens (tertiary/aromatic N) is 4. The summed E-state index contributed by atoms with van der Waals surface area (Å²) in [6.07, 6.45) is 0. The van der Waals surface area contributed by atoms with Crippen LogP contribution in [0.25, 0.3) is 0 Å². The Morgan fingerprint density at radius 1 is 0.839 bits per heavy atom. The van der Waals surface area contributed by atoms with Crippen molar-refractivity contribution in [1.29, 1.82) is 0 Å². The van der Waals surface area contributed by atoms with Gasteiger partial charge in [0.2, 0.25) is 5.91 Å². The molecule has 0 radical (unpaired) electrons. The third-order valence-corrected chi connectivity index (χ3v) is 5.20. The van der Waals surface area contributed by atoms with E-state index in [1.807, 2.05) is 68.7 Å². The van der Waals surface area contributed by atoms with Gasteiger partial charge in [-0.15, -0.1) is 0 Å². The Hall–Kier alpha value is -2.59. The lowest BCUT2D eigenvalue weighted by Gasteiger charge is -2.21. The molecular weight excluding hydrogens is 430 g/mol. The van der Waals surface area contributed by atoms with Gasteiger partial charge < -0.3 is 15.1 Å². The molecule has 0 fully saturated rings. The zero-order valence-corrected chi connectivity index (χ0v) is 20.8. The molecule has 0 spiro atoms. The van der Waals surface area contributed by atoms with Crippen molar-refractivity contribution < 1.29 is 4.79 Å². The average Bonchev–Trinajstić information content (AvgIpc) is 2.74. The van der Waals surface area contributed by atoms with Crippen LogP contribution in [-0.2, 0) is 4.79 Å². The molecule has 0 saturated carbocycles. The van der Waals surface area contributed by atoms with Crippen LogP contribution >= 0.6 is 24.4 Å². The molecule has 1 aromatic carbocycles. The minimum absolute atomic E-state index is 0.125. The second-order valence-corrected chi connectivity index (χ2v) is 7.37. The number of rotatable bonds is 9. The van der Waals surface area contributed by atoms with E-state index in [1.165, 1.54) is 6.92 Å². The van der Waals surface area contributed by atoms with E-state index in [4.69, 9.17) is 24.4 Å². The Kier molecular flexibility index (Phi) is 11.7. The first-order chi connectivity index (χ1) is 14.8. The monoisotopic (exact) mass is 463 g/mol. The van der Waals surface area contributed by atoms with Gasteiger partial charge in [0.1, 0.15) is 5.71 Å². The van der Waals surface area contributed by atoms with Gasteiger partial charge >= 0.3 is 0 Å². The predicted octanol–water partition coefficient (Wildman–Crippen LogP) is 3.16. The van der Waals surface area contributed by atoms with Crippen LogP contribution in [0.3, 0.4) is 0 Å². The highest BCUT2D eigenvalue weighted by atomic mass is 32.1. The highest BCUT2D eigenvalue weighted by molar-refractivity contribution is 7.80. The smallest absolute Gasteiger partial charge is 0.221 e. The number of carbonyl (C=O) groups is 1. The number of nitrogens with one attached hydrogen (secondary N) is 3. The second kappa shape index (κ2) is 13.7. The maximum absolute atomic E-state index is 11.3. The first-order valence-corrected chi connectivity index (χ1v) is 11.2. The van der Waals surface area contributed by atoms with Crippen molar-refractivity contribution in [2.45, 2.75) is 41.5 Å². The van der Waals surface area contributed by atoms with E-state index < -0.39 is 0 Å². The van der Waals surface area contributed by atoms with Gasteiger partial charge in [0.05, 0.1) is 5.71 Å². The normalized spacial score (nSPS) is 11.5. The number of hydrogen-bond acceptors (Lipinski definition) is 5. The first-order valence-electron chi connectivity index (χ1n) is 10.4. The van der Waals surface area contributed by atoms with Crippen molar-refractivity contribution in [3.05, 3.63) is 29.8 Å². The van der Waals surface area contributed by atoms with Crippen LogP contribution in [0.5, 0.6) is 0 Å². The Balaban J connectivity index is 3.18. The summed E-state index contributed by atoms with van der Waals surface area (Å²) in [7, 11) is 0. The lowest BCUT2D eigenvalue weighted by molar-refractivity contribution is -0.114. The quantitative estimate of drug-likeness (QED) is 0.295. The summed E-state index contributed by atoms with van der Waals surface area (Å²) in [4.78, 5) is 15.3. The topological polar surface area (TPSA) is 84.4 Å². The summed E-state index contributed by atoms with van der Waals surface area (Å²) >= 11 is 10.9. The predicted molar refractivity (Wildman–Crippen MR) is 138 cm³/mol. The SMILES string of the molecule is CCN(CC)C(=S)N/N=C(C)/C(=N/NC(=S)N(CC)CC)c1ccc(NC(C)=O)cc1. The Labute approximate surface area is 196 Å². The van der Waals surface area contributed by atoms with E-state index in [2.05, 4.69) is 26.4 Å². The minimum atomic E-state index is -0.125. The number of carbonyl (C=O) groups excluding carboxylic acids is 1. The van der Waals surface area contributed by atoms with Crippen molar-refractivity contribution in [3.8, 4) is 0 Å². The molecule has 0 aliphatic rings. The third kappa shape index (κ3) is 8.58. The summed E-state index contributed by atoms with van der Waals surface area (Å²) in [6, 6.07) is 7.37. The van der Waals surface area contributed by atoms with E-state index in [0.717, 1.165) is 31.7 Å². The number of amides is 1. The largest absolute Gasteiger partial charge is 0.348 e. The molecule has 31 heavy (non-hydrogen) atoms. The molecule has 0 heterocycles. The number of thiocarbonyl (C=S) groups is 2. The van der Waals surface area contributed by atoms with Gasteiger partial charge in [-0.3, -0.25) is 15.6 Å². The third-order valence-electron chi connectivity index (χ3n) is 4.51. The van der Waals surface area contributed by atoms with Gasteiger partial charge in [-0.05, 0) is 71.2 Å². The summed E-state index contributed by atoms with van der Waals surface area (Å²) < 4.78 is 0. The van der Waals surface area contributed by atoms with Crippen LogP contribution in [0.2, 0.25) is 0 Å². The second-order valence-electron chi connectivity index (χ2n) is 6.59. The average molecular weight is 464 g/mol. The number of benzene rings is 1. The van der Waals surface area contributed by atoms with Crippen molar-refractivity contribution in [2.24, 2.45) is 10.2 Å². The molecule has 1 rings (SSSR count). The molecule has 0 aromatic heterocycles. The van der Waals surface area contributed by atoms with E-state index in [0.29, 0.717) is 27.3 Å². The fraction of sp³-hybridized carbons (Fsp3) is 0.476. The molecule has 0 aliphatic heterocycles. The maximum atomic E-state index is 11.3. The fourth-order valence-electron chi connectivity index (χ4n) is 2.72. The van der Waals surface area contributed by atoms with Crippen LogP contribution in [0, 0.1) is 0 Å². The molecule has 0 bridgehead atoms. The van der Waals surface area contributed by atoms with Crippen molar-refractivity contribution >= 4 is 57.7 Å². The first kappa shape index (κ1) is 26.4. The molecular formula is C21H33N7OS2. The van der Waals surface area contributed by atoms with Crippen LogP contribution in [-0.4, -0.2) is 63.5 Å². The van der Waals surface area contributed by atoms with Crippen LogP contribution in [0.1, 0.15) is 47.1 Å². The molecule has 10 heteroatoms. The number of hydrazone groups is 2. The van der Waals surface area contributed by atoms with Crippen LogP contribution < -0.4 is 16.2 Å². The molecule has 1 aromatic rings. The van der Waals surface area contributed by atoms with Gasteiger partial charge in [0.25, 0.3) is 0 Å². The van der Waals surface area contributed by atoms with Crippen molar-refractivity contribution in [2.75, 3.05) is 31.5 Å². The highest BCUT2D eigenvalue weighted by Gasteiger charge is 2.12. The summed E-state index contributed by atoms with van der Waals surface area (Å²) in [5, 5.41) is 12.8. The maximum Gasteiger partial charge on any atom is 0.221 e. The van der Waals surface area contributed by atoms with Crippen molar-refractivity contribution in [3.63, 3.8) is 0 Å². The summed E-state index contributed by atoms with van der Waals surface area (Å²) in [6.45, 7) is 14.6. The zero-order valence-electron chi connectivity index (χ0n) is 19.2. The van der Waals surface area contributed by atoms with Gasteiger partial charge in [-0.2, -0.15) is 10.2 Å². The minimum Gasteiger partial charge on any atom is -0.348 e. The summed E-state index contributed by atoms with van der Waals surface area (Å²) in [5.41, 5.74) is 8.68. The van der Waals surface area contributed by atoms with Crippen molar-refractivity contribution in [1.82, 2.24) is 20.7 Å². The molecule has 0 atom stereocenters. The van der Waals surface area contributed by atoms with E-state index in [9.17, 15) is 4.79 Å². The van der Waals surface area contributed by atoms with E-state index in [-0.39, 0.29) is 5.91 Å². The highest BCUT2D eigenvalue weighted by Crippen LogP contribution is 2.11. The standard InChI is InChI=1S/C21H33N7OS2/c1-7-27(8-2)20(30)25-23-15(5)19(24-26-21(31)28(9-3)10-4)17-11-13-18(14-12-17)22-16(6)29/h11-14H,7-10H2,1-6H3,(H,22,29)(H,25,30)(H,26,31)/b23-15+,24-19-. The lowest BCUT2D eigenvalue weighted by atomic mass is 10.1. The van der Waals surface area contributed by atoms with Gasteiger partial charge in [0.15, 0.2) is 10.2 Å². The van der Waals surface area contributed by atoms with Crippen LogP contribution in [0.15, 0.2) is 34.5 Å². The fourth-order valence-corrected chi connectivity index (χ4v) is 3.33. The lowest BCUT2D eigenvalue weighted by Crippen LogP contribution is -2.39. The summed E-state index contributed by atoms with van der Waals surface area (Å²) in [5.74, 6) is -0.125. The molecule has 1 amide bonds. The molecule has 0 aliphatic carbocycles. The molecule has 8 nitrogen and oxygen atoms in total. The Morgan fingerprint density at radius 2 is 1.29 bits per heavy atom. The Morgan fingerprint density at radius 3 is 1.71 bits per heavy atom. The molecule has 170 valence electrons.